The molecule has 5 aromatic rings. The quantitative estimate of drug-likeness (QED) is 0.261. The lowest BCUT2D eigenvalue weighted by Crippen LogP contribution is -2.48. The van der Waals surface area contributed by atoms with E-state index in [9.17, 15) is 9.18 Å². The zero-order chi connectivity index (χ0) is 30.2. The summed E-state index contributed by atoms with van der Waals surface area (Å²) >= 11 is 0. The highest BCUT2D eigenvalue weighted by molar-refractivity contribution is 6.00. The van der Waals surface area contributed by atoms with E-state index in [2.05, 4.69) is 24.9 Å². The summed E-state index contributed by atoms with van der Waals surface area (Å²) < 4.78 is 36.1. The van der Waals surface area contributed by atoms with E-state index in [4.69, 9.17) is 4.74 Å². The number of pyridine rings is 1. The maximum absolute atomic E-state index is 16.2. The first kappa shape index (κ1) is 28.1. The Labute approximate surface area is 246 Å². The van der Waals surface area contributed by atoms with Crippen LogP contribution < -0.4 is 9.64 Å². The normalized spacial score (nSPS) is 13.8. The molecule has 1 amide bonds. The van der Waals surface area contributed by atoms with Crippen molar-refractivity contribution in [3.05, 3.63) is 83.1 Å². The number of aromatic nitrogens is 5. The summed E-state index contributed by atoms with van der Waals surface area (Å²) in [5, 5.41) is 1.79. The average Bonchev–Trinajstić information content (AvgIpc) is 3.01. The molecule has 6 rings (SSSR count). The van der Waals surface area contributed by atoms with Crippen molar-refractivity contribution in [2.45, 2.75) is 20.8 Å². The van der Waals surface area contributed by atoms with E-state index < -0.39 is 5.82 Å². The van der Waals surface area contributed by atoms with Gasteiger partial charge in [-0.05, 0) is 55.3 Å². The van der Waals surface area contributed by atoms with Crippen LogP contribution in [0, 0.1) is 32.4 Å². The summed E-state index contributed by atoms with van der Waals surface area (Å²) in [5.41, 5.74) is 2.51. The Kier molecular flexibility index (Phi) is 7.39. The van der Waals surface area contributed by atoms with E-state index in [-0.39, 0.29) is 28.9 Å². The number of aryl methyl sites for hydroxylation is 3. The maximum atomic E-state index is 16.2. The summed E-state index contributed by atoms with van der Waals surface area (Å²) in [4.78, 5) is 38.6. The first-order chi connectivity index (χ1) is 20.7. The van der Waals surface area contributed by atoms with Crippen molar-refractivity contribution in [1.29, 1.82) is 0 Å². The predicted molar refractivity (Wildman–Crippen MR) is 161 cm³/mol. The van der Waals surface area contributed by atoms with Crippen molar-refractivity contribution < 1.29 is 18.3 Å². The molecule has 2 aromatic carbocycles. The van der Waals surface area contributed by atoms with Crippen LogP contribution >= 0.6 is 0 Å². The summed E-state index contributed by atoms with van der Waals surface area (Å²) in [6, 6.07) is 10.3. The number of ether oxygens (including phenoxy) is 1. The highest BCUT2D eigenvalue weighted by Crippen LogP contribution is 2.36. The minimum absolute atomic E-state index is 0.00979. The van der Waals surface area contributed by atoms with Gasteiger partial charge in [0.2, 0.25) is 5.91 Å². The van der Waals surface area contributed by atoms with Crippen LogP contribution in [0.25, 0.3) is 39.0 Å². The zero-order valence-corrected chi connectivity index (χ0v) is 24.2. The standard InChI is InChI=1S/C32H29F2N7O2/c1-18-16-22(37-20(3)36-18)9-11-26(42)40-12-14-41(15-13-40)31-24-17-35-29(28(34)30(24)38-32(39-31)43-4)23-7-5-6-21-8-10-25(33)19(2)27(21)23/h5-11,16-17H,12-15H2,1-4H3/b11-9+. The number of hydrogen-bond donors (Lipinski definition) is 0. The Morgan fingerprint density at radius 3 is 2.51 bits per heavy atom. The second-order valence-corrected chi connectivity index (χ2v) is 10.4. The number of carbonyl (C=O) groups is 1. The van der Waals surface area contributed by atoms with Crippen LogP contribution in [-0.2, 0) is 4.79 Å². The first-order valence-electron chi connectivity index (χ1n) is 13.9. The van der Waals surface area contributed by atoms with Gasteiger partial charge in [-0.2, -0.15) is 9.97 Å². The number of amides is 1. The Morgan fingerprint density at radius 1 is 0.977 bits per heavy atom. The Balaban J connectivity index is 1.30. The molecule has 0 bridgehead atoms. The summed E-state index contributed by atoms with van der Waals surface area (Å²) in [6.45, 7) is 7.16. The molecule has 1 aliphatic rings. The monoisotopic (exact) mass is 581 g/mol. The average molecular weight is 582 g/mol. The molecular weight excluding hydrogens is 552 g/mol. The third-order valence-corrected chi connectivity index (χ3v) is 7.59. The lowest BCUT2D eigenvalue weighted by molar-refractivity contribution is -0.126. The number of anilines is 1. The Bertz CT molecular complexity index is 1900. The van der Waals surface area contributed by atoms with E-state index >= 15 is 4.39 Å². The van der Waals surface area contributed by atoms with Gasteiger partial charge < -0.3 is 14.5 Å². The minimum atomic E-state index is -0.648. The minimum Gasteiger partial charge on any atom is -0.467 e. The lowest BCUT2D eigenvalue weighted by Gasteiger charge is -2.35. The van der Waals surface area contributed by atoms with Gasteiger partial charge in [-0.3, -0.25) is 9.78 Å². The van der Waals surface area contributed by atoms with Crippen LogP contribution in [0.3, 0.4) is 0 Å². The molecule has 3 aromatic heterocycles. The third kappa shape index (κ3) is 5.33. The van der Waals surface area contributed by atoms with Gasteiger partial charge in [0, 0.05) is 49.7 Å². The van der Waals surface area contributed by atoms with E-state index in [1.54, 1.807) is 42.3 Å². The first-order valence-corrected chi connectivity index (χ1v) is 13.9. The number of hydrogen-bond acceptors (Lipinski definition) is 8. The van der Waals surface area contributed by atoms with Crippen molar-refractivity contribution in [3.8, 4) is 17.3 Å². The molecule has 1 saturated heterocycles. The van der Waals surface area contributed by atoms with Gasteiger partial charge in [-0.15, -0.1) is 0 Å². The van der Waals surface area contributed by atoms with Gasteiger partial charge in [0.05, 0.1) is 18.2 Å². The second kappa shape index (κ2) is 11.3. The molecule has 9 nitrogen and oxygen atoms in total. The van der Waals surface area contributed by atoms with E-state index in [1.165, 1.54) is 19.3 Å². The lowest BCUT2D eigenvalue weighted by atomic mass is 9.97. The van der Waals surface area contributed by atoms with Crippen molar-refractivity contribution in [2.24, 2.45) is 0 Å². The van der Waals surface area contributed by atoms with Crippen molar-refractivity contribution in [1.82, 2.24) is 29.8 Å². The van der Waals surface area contributed by atoms with E-state index in [0.29, 0.717) is 65.4 Å². The number of carbonyl (C=O) groups excluding carboxylic acids is 1. The Morgan fingerprint density at radius 2 is 1.77 bits per heavy atom. The number of rotatable bonds is 5. The fourth-order valence-electron chi connectivity index (χ4n) is 5.51. The molecular formula is C32H29F2N7O2. The molecule has 0 atom stereocenters. The molecule has 0 spiro atoms. The van der Waals surface area contributed by atoms with Gasteiger partial charge in [0.25, 0.3) is 0 Å². The fourth-order valence-corrected chi connectivity index (χ4v) is 5.51. The Hall–Kier alpha value is -5.06. The van der Waals surface area contributed by atoms with Crippen molar-refractivity contribution in [3.63, 3.8) is 0 Å². The van der Waals surface area contributed by atoms with Gasteiger partial charge in [0.1, 0.15) is 28.7 Å². The largest absolute Gasteiger partial charge is 0.467 e. The summed E-state index contributed by atoms with van der Waals surface area (Å²) in [7, 11) is 1.42. The van der Waals surface area contributed by atoms with Gasteiger partial charge in [-0.1, -0.05) is 24.3 Å². The molecule has 0 aliphatic carbocycles. The molecule has 0 unspecified atom stereocenters. The van der Waals surface area contributed by atoms with E-state index in [1.807, 2.05) is 30.9 Å². The topological polar surface area (TPSA) is 97.2 Å². The van der Waals surface area contributed by atoms with Crippen LogP contribution in [0.2, 0.25) is 0 Å². The molecule has 4 heterocycles. The van der Waals surface area contributed by atoms with Crippen molar-refractivity contribution >= 4 is 39.5 Å². The molecule has 0 N–H and O–H groups in total. The highest BCUT2D eigenvalue weighted by atomic mass is 19.1. The molecule has 1 fully saturated rings. The van der Waals surface area contributed by atoms with Gasteiger partial charge in [0.15, 0.2) is 5.82 Å². The highest BCUT2D eigenvalue weighted by Gasteiger charge is 2.26. The molecule has 0 radical (unpaired) electrons. The van der Waals surface area contributed by atoms with Crippen LogP contribution in [0.1, 0.15) is 22.8 Å². The van der Waals surface area contributed by atoms with Crippen LogP contribution in [-0.4, -0.2) is 69.0 Å². The van der Waals surface area contributed by atoms with Crippen LogP contribution in [0.15, 0.2) is 48.7 Å². The SMILES string of the molecule is COc1nc(N2CCN(C(=O)/C=C/c3cc(C)nc(C)n3)CC2)c2cnc(-c3cccc4ccc(F)c(C)c34)c(F)c2n1. The zero-order valence-electron chi connectivity index (χ0n) is 24.2. The molecule has 11 heteroatoms. The second-order valence-electron chi connectivity index (χ2n) is 10.4. The number of fused-ring (bicyclic) bond motifs is 2. The van der Waals surface area contributed by atoms with Crippen molar-refractivity contribution in [2.75, 3.05) is 38.2 Å². The van der Waals surface area contributed by atoms with Crippen LogP contribution in [0.5, 0.6) is 6.01 Å². The maximum Gasteiger partial charge on any atom is 0.318 e. The predicted octanol–water partition coefficient (Wildman–Crippen LogP) is 5.21. The number of halogens is 2. The molecule has 43 heavy (non-hydrogen) atoms. The number of benzene rings is 2. The van der Waals surface area contributed by atoms with E-state index in [0.717, 1.165) is 11.1 Å². The smallest absolute Gasteiger partial charge is 0.318 e. The van der Waals surface area contributed by atoms with Crippen LogP contribution in [0.4, 0.5) is 14.6 Å². The number of methoxy groups -OCH3 is 1. The van der Waals surface area contributed by atoms with Gasteiger partial charge >= 0.3 is 6.01 Å². The molecule has 0 saturated carbocycles. The summed E-state index contributed by atoms with van der Waals surface area (Å²) in [6.07, 6.45) is 4.75. The molecule has 218 valence electrons. The van der Waals surface area contributed by atoms with Gasteiger partial charge in [-0.25, -0.2) is 18.7 Å². The number of piperazine rings is 1. The third-order valence-electron chi connectivity index (χ3n) is 7.59. The molecule has 1 aliphatic heterocycles. The number of nitrogens with zero attached hydrogens (tertiary/aromatic N) is 7. The fraction of sp³-hybridized carbons (Fsp3) is 0.250. The summed E-state index contributed by atoms with van der Waals surface area (Å²) in [5.74, 6) is -0.0377.